The monoisotopic (exact) mass is 612 g/mol. The number of aromatic nitrogens is 4. The minimum absolute atomic E-state index is 0.184. The first kappa shape index (κ1) is 26.7. The summed E-state index contributed by atoms with van der Waals surface area (Å²) in [5, 5.41) is 37.0. The van der Waals surface area contributed by atoms with Crippen LogP contribution in [0.2, 0.25) is 0 Å². The minimum Gasteiger partial charge on any atom is -0.394 e. The summed E-state index contributed by atoms with van der Waals surface area (Å²) in [6, 6.07) is 0. The van der Waals surface area contributed by atoms with Gasteiger partial charge in [-0.15, -0.1) is 0 Å². The van der Waals surface area contributed by atoms with Crippen molar-refractivity contribution in [2.75, 3.05) is 13.2 Å². The molecule has 2 fully saturated rings. The van der Waals surface area contributed by atoms with Gasteiger partial charge in [-0.1, -0.05) is 0 Å². The molecule has 0 aromatic carbocycles. The van der Waals surface area contributed by atoms with Crippen LogP contribution in [0.3, 0.4) is 0 Å². The number of hydrogen-bond donors (Lipinski definition) is 6. The number of nitrogens with zero attached hydrogens (tertiary/aromatic N) is 2. The van der Waals surface area contributed by atoms with E-state index in [9.17, 15) is 29.4 Å². The highest BCUT2D eigenvalue weighted by Crippen LogP contribution is 2.28. The summed E-state index contributed by atoms with van der Waals surface area (Å²) in [4.78, 5) is 49.6. The molecule has 0 amide bonds. The molecule has 4 rings (SSSR count). The maximum atomic E-state index is 11.5. The van der Waals surface area contributed by atoms with Crippen LogP contribution in [0.1, 0.15) is 25.3 Å². The maximum Gasteiger partial charge on any atom is 0.330 e. The van der Waals surface area contributed by atoms with Crippen LogP contribution >= 0.6 is 31.9 Å². The van der Waals surface area contributed by atoms with Gasteiger partial charge in [0.15, 0.2) is 0 Å². The molecule has 0 aliphatic carbocycles. The lowest BCUT2D eigenvalue weighted by Gasteiger charge is -2.14. The molecule has 2 aliphatic heterocycles. The molecule has 0 saturated carbocycles. The Bertz CT molecular complexity index is 1150. The Kier molecular flexibility index (Phi) is 8.80. The Balaban J connectivity index is 0.000000191. The molecule has 4 heterocycles. The van der Waals surface area contributed by atoms with Gasteiger partial charge in [-0.25, -0.2) is 9.59 Å². The quantitative estimate of drug-likeness (QED) is 0.221. The van der Waals surface area contributed by atoms with E-state index in [0.717, 1.165) is 0 Å². The molecule has 14 nitrogen and oxygen atoms in total. The van der Waals surface area contributed by atoms with E-state index in [4.69, 9.17) is 19.7 Å². The summed E-state index contributed by atoms with van der Waals surface area (Å²) in [6.07, 6.45) is -1.49. The second-order valence-corrected chi connectivity index (χ2v) is 9.23. The Hall–Kier alpha value is -1.92. The van der Waals surface area contributed by atoms with E-state index in [1.807, 2.05) is 0 Å². The predicted octanol–water partition coefficient (Wildman–Crippen LogP) is -2.12. The van der Waals surface area contributed by atoms with Gasteiger partial charge < -0.3 is 29.9 Å². The molecule has 188 valence electrons. The van der Waals surface area contributed by atoms with Gasteiger partial charge in [-0.05, 0) is 31.9 Å². The molecular weight excluding hydrogens is 592 g/mol. The van der Waals surface area contributed by atoms with Crippen molar-refractivity contribution in [3.63, 3.8) is 0 Å². The normalized spacial score (nSPS) is 28.5. The smallest absolute Gasteiger partial charge is 0.330 e. The highest BCUT2D eigenvalue weighted by Gasteiger charge is 2.36. The fraction of sp³-hybridized carbons (Fsp3) is 0.556. The zero-order chi connectivity index (χ0) is 25.2. The van der Waals surface area contributed by atoms with E-state index < -0.39 is 59.4 Å². The lowest BCUT2D eigenvalue weighted by atomic mass is 10.2. The highest BCUT2D eigenvalue weighted by molar-refractivity contribution is 9.10. The predicted molar refractivity (Wildman–Crippen MR) is 121 cm³/mol. The van der Waals surface area contributed by atoms with Crippen molar-refractivity contribution in [3.05, 3.63) is 63.0 Å². The average molecular weight is 614 g/mol. The molecule has 16 heteroatoms. The fourth-order valence-corrected chi connectivity index (χ4v) is 4.09. The van der Waals surface area contributed by atoms with Crippen molar-refractivity contribution in [2.24, 2.45) is 0 Å². The van der Waals surface area contributed by atoms with Crippen molar-refractivity contribution in [2.45, 2.75) is 49.7 Å². The van der Waals surface area contributed by atoms with Crippen LogP contribution in [-0.2, 0) is 9.47 Å². The molecule has 6 atom stereocenters. The number of rotatable bonds is 4. The van der Waals surface area contributed by atoms with E-state index in [1.54, 1.807) is 0 Å². The third-order valence-electron chi connectivity index (χ3n) is 5.24. The summed E-state index contributed by atoms with van der Waals surface area (Å²) < 4.78 is 13.3. The van der Waals surface area contributed by atoms with E-state index in [2.05, 4.69) is 41.8 Å². The van der Waals surface area contributed by atoms with E-state index in [0.29, 0.717) is 0 Å². The molecule has 2 aromatic rings. The first-order chi connectivity index (χ1) is 16.0. The fourth-order valence-electron chi connectivity index (χ4n) is 3.45. The van der Waals surface area contributed by atoms with Crippen molar-refractivity contribution < 1.29 is 29.9 Å². The van der Waals surface area contributed by atoms with Crippen LogP contribution < -0.4 is 22.5 Å². The van der Waals surface area contributed by atoms with Crippen LogP contribution in [0, 0.1) is 0 Å². The lowest BCUT2D eigenvalue weighted by molar-refractivity contribution is -0.0459. The third-order valence-corrected chi connectivity index (χ3v) is 6.37. The van der Waals surface area contributed by atoms with Gasteiger partial charge in [0.25, 0.3) is 11.1 Å². The van der Waals surface area contributed by atoms with Gasteiger partial charge in [0, 0.05) is 25.2 Å². The summed E-state index contributed by atoms with van der Waals surface area (Å²) in [5.41, 5.74) is -2.28. The van der Waals surface area contributed by atoms with Gasteiger partial charge in [0.2, 0.25) is 0 Å². The number of aromatic amines is 2. The SMILES string of the molecule is O=c1[nH]c(=O)n([C@H]2C[C@H](O)[C@@H](CO)O2)cc1Br.O=c1[nH]c(=O)n([C@H]2C[C@H](O)[C@@H](CO)O2)cc1Br. The number of ether oxygens (including phenoxy) is 2. The van der Waals surface area contributed by atoms with Crippen LogP contribution in [0.15, 0.2) is 40.5 Å². The molecule has 34 heavy (non-hydrogen) atoms. The van der Waals surface area contributed by atoms with Gasteiger partial charge >= 0.3 is 11.4 Å². The molecule has 2 saturated heterocycles. The molecular formula is C18H22Br2N4O10. The molecule has 2 aliphatic rings. The van der Waals surface area contributed by atoms with Crippen molar-refractivity contribution >= 4 is 31.9 Å². The molecule has 2 aromatic heterocycles. The molecule has 0 radical (unpaired) electrons. The molecule has 0 unspecified atom stereocenters. The third kappa shape index (κ3) is 5.83. The molecule has 6 N–H and O–H groups in total. The second-order valence-electron chi connectivity index (χ2n) is 7.52. The Labute approximate surface area is 206 Å². The average Bonchev–Trinajstić information content (AvgIpc) is 3.35. The largest absolute Gasteiger partial charge is 0.394 e. The number of halogens is 2. The minimum atomic E-state index is -0.831. The zero-order valence-electron chi connectivity index (χ0n) is 17.3. The lowest BCUT2D eigenvalue weighted by Crippen LogP contribution is -2.32. The van der Waals surface area contributed by atoms with Gasteiger partial charge in [0.05, 0.1) is 34.4 Å². The van der Waals surface area contributed by atoms with Crippen molar-refractivity contribution in [3.8, 4) is 0 Å². The Morgan fingerprint density at radius 1 is 0.794 bits per heavy atom. The molecule has 0 bridgehead atoms. The Morgan fingerprint density at radius 2 is 1.15 bits per heavy atom. The standard InChI is InChI=1S/2C9H11BrN2O5/c2*10-4-2-12(9(16)11-8(4)15)7-1-5(14)6(3-13)17-7/h2*2,5-7,13-14H,1,3H2,(H,11,15,16)/t2*5-,6+,7+/m00/s1. The van der Waals surface area contributed by atoms with Crippen molar-refractivity contribution in [1.82, 2.24) is 19.1 Å². The van der Waals surface area contributed by atoms with Crippen LogP contribution in [-0.4, -0.2) is 77.2 Å². The first-order valence-electron chi connectivity index (χ1n) is 9.96. The van der Waals surface area contributed by atoms with Crippen molar-refractivity contribution in [1.29, 1.82) is 0 Å². The van der Waals surface area contributed by atoms with Crippen LogP contribution in [0.5, 0.6) is 0 Å². The first-order valence-corrected chi connectivity index (χ1v) is 11.5. The topological polar surface area (TPSA) is 209 Å². The maximum absolute atomic E-state index is 11.5. The number of nitrogens with one attached hydrogen (secondary N) is 2. The Morgan fingerprint density at radius 3 is 1.44 bits per heavy atom. The second kappa shape index (κ2) is 11.2. The summed E-state index contributed by atoms with van der Waals surface area (Å²) in [6.45, 7) is -0.645. The van der Waals surface area contributed by atoms with E-state index >= 15 is 0 Å². The number of hydrogen-bond acceptors (Lipinski definition) is 10. The number of H-pyrrole nitrogens is 2. The van der Waals surface area contributed by atoms with E-state index in [-0.39, 0.29) is 35.0 Å². The van der Waals surface area contributed by atoms with Crippen LogP contribution in [0.4, 0.5) is 0 Å². The zero-order valence-corrected chi connectivity index (χ0v) is 20.5. The summed E-state index contributed by atoms with van der Waals surface area (Å²) >= 11 is 6.01. The van der Waals surface area contributed by atoms with E-state index in [1.165, 1.54) is 21.5 Å². The molecule has 0 spiro atoms. The summed E-state index contributed by atoms with van der Waals surface area (Å²) in [5.74, 6) is 0. The highest BCUT2D eigenvalue weighted by atomic mass is 79.9. The van der Waals surface area contributed by atoms with Crippen LogP contribution in [0.25, 0.3) is 0 Å². The van der Waals surface area contributed by atoms with Gasteiger partial charge in [-0.3, -0.25) is 28.7 Å². The number of aliphatic hydroxyl groups is 4. The number of aliphatic hydroxyl groups excluding tert-OH is 4. The van der Waals surface area contributed by atoms with Gasteiger partial charge in [-0.2, -0.15) is 0 Å². The summed E-state index contributed by atoms with van der Waals surface area (Å²) in [7, 11) is 0. The van der Waals surface area contributed by atoms with Gasteiger partial charge in [0.1, 0.15) is 24.7 Å².